The molecule has 0 saturated heterocycles. The number of anilines is 1. The van der Waals surface area contributed by atoms with Crippen molar-refractivity contribution in [1.29, 1.82) is 0 Å². The number of thiazole rings is 1. The zero-order valence-electron chi connectivity index (χ0n) is 13.5. The lowest BCUT2D eigenvalue weighted by Crippen LogP contribution is -2.12. The van der Waals surface area contributed by atoms with Crippen molar-refractivity contribution < 1.29 is 14.3 Å². The highest BCUT2D eigenvalue weighted by Gasteiger charge is 2.09. The first-order valence-electron chi connectivity index (χ1n) is 7.39. The van der Waals surface area contributed by atoms with Gasteiger partial charge in [-0.2, -0.15) is 0 Å². The number of benzene rings is 1. The second-order valence-corrected chi connectivity index (χ2v) is 6.17. The van der Waals surface area contributed by atoms with E-state index in [1.54, 1.807) is 0 Å². The van der Waals surface area contributed by atoms with Crippen LogP contribution in [0.5, 0.6) is 0 Å². The van der Waals surface area contributed by atoms with E-state index in [1.165, 1.54) is 29.6 Å². The molecule has 1 aromatic carbocycles. The van der Waals surface area contributed by atoms with E-state index in [0.29, 0.717) is 11.6 Å². The minimum atomic E-state index is -0.302. The molecule has 1 aromatic heterocycles. The molecule has 0 aliphatic carbocycles. The van der Waals surface area contributed by atoms with E-state index in [4.69, 9.17) is 0 Å². The number of hydrogen-bond donors (Lipinski definition) is 1. The van der Waals surface area contributed by atoms with E-state index in [2.05, 4.69) is 41.0 Å². The summed E-state index contributed by atoms with van der Waals surface area (Å²) in [6.45, 7) is 4.13. The maximum Gasteiger partial charge on any atom is 0.305 e. The number of nitrogens with one attached hydrogen (secondary N) is 1. The lowest BCUT2D eigenvalue weighted by atomic mass is 10.1. The second kappa shape index (κ2) is 7.87. The second-order valence-electron chi connectivity index (χ2n) is 5.31. The van der Waals surface area contributed by atoms with E-state index in [-0.39, 0.29) is 24.7 Å². The van der Waals surface area contributed by atoms with Crippen LogP contribution in [0, 0.1) is 13.8 Å². The summed E-state index contributed by atoms with van der Waals surface area (Å²) in [6.07, 6.45) is 0.983. The van der Waals surface area contributed by atoms with Crippen molar-refractivity contribution >= 4 is 28.3 Å². The van der Waals surface area contributed by atoms with Crippen LogP contribution in [0.3, 0.4) is 0 Å². The molecular formula is C17H20N2O3S. The molecule has 0 aliphatic heterocycles. The average molecular weight is 332 g/mol. The van der Waals surface area contributed by atoms with E-state index in [0.717, 1.165) is 11.3 Å². The van der Waals surface area contributed by atoms with Gasteiger partial charge in [-0.25, -0.2) is 4.98 Å². The Morgan fingerprint density at radius 3 is 2.70 bits per heavy atom. The van der Waals surface area contributed by atoms with Gasteiger partial charge < -0.3 is 10.1 Å². The number of methoxy groups -OCH3 is 1. The summed E-state index contributed by atoms with van der Waals surface area (Å²) in [7, 11) is 1.34. The van der Waals surface area contributed by atoms with Gasteiger partial charge in [0.05, 0.1) is 12.8 Å². The van der Waals surface area contributed by atoms with Crippen LogP contribution >= 0.6 is 11.3 Å². The van der Waals surface area contributed by atoms with Gasteiger partial charge in [0.25, 0.3) is 0 Å². The lowest BCUT2D eigenvalue weighted by molar-refractivity contribution is -0.140. The first-order valence-corrected chi connectivity index (χ1v) is 8.27. The molecule has 1 amide bonds. The van der Waals surface area contributed by atoms with Crippen LogP contribution in [0.4, 0.5) is 5.13 Å². The average Bonchev–Trinajstić information content (AvgIpc) is 2.98. The Morgan fingerprint density at radius 2 is 2.00 bits per heavy atom. The van der Waals surface area contributed by atoms with Gasteiger partial charge >= 0.3 is 5.97 Å². The molecule has 122 valence electrons. The number of nitrogens with zero attached hydrogens (tertiary/aromatic N) is 1. The molecular weight excluding hydrogens is 312 g/mol. The highest BCUT2D eigenvalue weighted by atomic mass is 32.1. The Bertz CT molecular complexity index is 710. The summed E-state index contributed by atoms with van der Waals surface area (Å²) in [4.78, 5) is 27.3. The molecule has 2 rings (SSSR count). The van der Waals surface area contributed by atoms with Gasteiger partial charge in [-0.3, -0.25) is 9.59 Å². The molecule has 0 fully saturated rings. The molecule has 0 radical (unpaired) electrons. The van der Waals surface area contributed by atoms with Gasteiger partial charge in [0.1, 0.15) is 0 Å². The van der Waals surface area contributed by atoms with Gasteiger partial charge in [0.2, 0.25) is 5.91 Å². The SMILES string of the molecule is COC(=O)CCCC(=O)Nc1nc(-c2ccc(C)c(C)c2)cs1. The van der Waals surface area contributed by atoms with Gasteiger partial charge in [-0.15, -0.1) is 11.3 Å². The maximum absolute atomic E-state index is 11.8. The Labute approximate surface area is 139 Å². The van der Waals surface area contributed by atoms with Gasteiger partial charge in [-0.1, -0.05) is 12.1 Å². The van der Waals surface area contributed by atoms with Crippen LogP contribution < -0.4 is 5.32 Å². The fraction of sp³-hybridized carbons (Fsp3) is 0.353. The van der Waals surface area contributed by atoms with Crippen molar-refractivity contribution in [2.75, 3.05) is 12.4 Å². The van der Waals surface area contributed by atoms with Gasteiger partial charge in [-0.05, 0) is 37.5 Å². The summed E-state index contributed by atoms with van der Waals surface area (Å²) >= 11 is 1.39. The zero-order chi connectivity index (χ0) is 16.8. The van der Waals surface area contributed by atoms with Gasteiger partial charge in [0, 0.05) is 23.8 Å². The molecule has 0 unspecified atom stereocenters. The number of ether oxygens (including phenoxy) is 1. The molecule has 5 nitrogen and oxygen atoms in total. The van der Waals surface area contributed by atoms with E-state index in [9.17, 15) is 9.59 Å². The number of amides is 1. The standard InChI is InChI=1S/C17H20N2O3S/c1-11-7-8-13(9-12(11)2)14-10-23-17(18-14)19-15(20)5-4-6-16(21)22-3/h7-10H,4-6H2,1-3H3,(H,18,19,20). The van der Waals surface area contributed by atoms with Crippen molar-refractivity contribution in [2.24, 2.45) is 0 Å². The molecule has 1 heterocycles. The summed E-state index contributed by atoms with van der Waals surface area (Å²) in [6, 6.07) is 6.18. The third-order valence-electron chi connectivity index (χ3n) is 3.57. The minimum Gasteiger partial charge on any atom is -0.469 e. The molecule has 0 bridgehead atoms. The molecule has 23 heavy (non-hydrogen) atoms. The Morgan fingerprint density at radius 1 is 1.22 bits per heavy atom. The normalized spacial score (nSPS) is 10.4. The van der Waals surface area contributed by atoms with Crippen LogP contribution in [0.15, 0.2) is 23.6 Å². The molecule has 0 saturated carbocycles. The number of carbonyl (C=O) groups is 2. The molecule has 0 spiro atoms. The first-order chi connectivity index (χ1) is 11.0. The number of carbonyl (C=O) groups excluding carboxylic acids is 2. The van der Waals surface area contributed by atoms with E-state index in [1.807, 2.05) is 11.4 Å². The number of rotatable bonds is 6. The fourth-order valence-corrected chi connectivity index (χ4v) is 2.78. The van der Waals surface area contributed by atoms with E-state index < -0.39 is 0 Å². The summed E-state index contributed by atoms with van der Waals surface area (Å²) in [5.41, 5.74) is 4.34. The van der Waals surface area contributed by atoms with Crippen molar-refractivity contribution in [2.45, 2.75) is 33.1 Å². The van der Waals surface area contributed by atoms with Crippen LogP contribution in [-0.2, 0) is 14.3 Å². The minimum absolute atomic E-state index is 0.144. The topological polar surface area (TPSA) is 68.3 Å². The quantitative estimate of drug-likeness (QED) is 0.819. The Hall–Kier alpha value is -2.21. The van der Waals surface area contributed by atoms with Crippen LogP contribution in [-0.4, -0.2) is 24.0 Å². The molecule has 0 aliphatic rings. The largest absolute Gasteiger partial charge is 0.469 e. The third kappa shape index (κ3) is 4.89. The van der Waals surface area contributed by atoms with E-state index >= 15 is 0 Å². The predicted octanol–water partition coefficient (Wildman–Crippen LogP) is 3.71. The van der Waals surface area contributed by atoms with Crippen molar-refractivity contribution in [3.05, 3.63) is 34.7 Å². The highest BCUT2D eigenvalue weighted by Crippen LogP contribution is 2.26. The van der Waals surface area contributed by atoms with Crippen molar-refractivity contribution in [3.63, 3.8) is 0 Å². The third-order valence-corrected chi connectivity index (χ3v) is 4.32. The zero-order valence-corrected chi connectivity index (χ0v) is 14.3. The first kappa shape index (κ1) is 17.1. The predicted molar refractivity (Wildman–Crippen MR) is 91.5 cm³/mol. The number of aryl methyl sites for hydroxylation is 2. The molecule has 6 heteroatoms. The molecule has 0 atom stereocenters. The lowest BCUT2D eigenvalue weighted by Gasteiger charge is -2.03. The summed E-state index contributed by atoms with van der Waals surface area (Å²) < 4.78 is 4.54. The number of hydrogen-bond acceptors (Lipinski definition) is 5. The van der Waals surface area contributed by atoms with Crippen LogP contribution in [0.1, 0.15) is 30.4 Å². The number of aromatic nitrogens is 1. The number of esters is 1. The fourth-order valence-electron chi connectivity index (χ4n) is 2.04. The smallest absolute Gasteiger partial charge is 0.305 e. The highest BCUT2D eigenvalue weighted by molar-refractivity contribution is 7.14. The molecule has 2 aromatic rings. The van der Waals surface area contributed by atoms with Crippen LogP contribution in [0.2, 0.25) is 0 Å². The monoisotopic (exact) mass is 332 g/mol. The summed E-state index contributed by atoms with van der Waals surface area (Å²) in [5, 5.41) is 5.26. The Kier molecular flexibility index (Phi) is 5.87. The maximum atomic E-state index is 11.8. The summed E-state index contributed by atoms with van der Waals surface area (Å²) in [5.74, 6) is -0.445. The van der Waals surface area contributed by atoms with Crippen molar-refractivity contribution in [1.82, 2.24) is 4.98 Å². The van der Waals surface area contributed by atoms with Gasteiger partial charge in [0.15, 0.2) is 5.13 Å². The Balaban J connectivity index is 1.92. The molecule has 1 N–H and O–H groups in total. The van der Waals surface area contributed by atoms with Crippen LogP contribution in [0.25, 0.3) is 11.3 Å². The van der Waals surface area contributed by atoms with Crippen molar-refractivity contribution in [3.8, 4) is 11.3 Å².